The molecule has 0 unspecified atom stereocenters. The fourth-order valence-electron chi connectivity index (χ4n) is 17.8. The van der Waals surface area contributed by atoms with Gasteiger partial charge in [-0.1, -0.05) is 240 Å². The van der Waals surface area contributed by atoms with Crippen molar-refractivity contribution in [2.75, 3.05) is 80.7 Å². The summed E-state index contributed by atoms with van der Waals surface area (Å²) in [5.74, 6) is -13.8. The largest absolute Gasteiger partial charge is 0.460 e. The Hall–Kier alpha value is -9.33. The smallest absolute Gasteiger partial charge is 0.325 e. The summed E-state index contributed by atoms with van der Waals surface area (Å²) in [6.07, 6.45) is 18.5. The standard InChI is InChI=1S/C37H68N6O9.C36H68N6O7.C34H62N6O8/c1-8-9-10-11-12-13-14-15-19-30-25(4)37(50)43(6)29(21-24(2)3)35(48)40-27(18-16-17-20-51-7)33(46)41-28(22-38)34(47)42-32(26(5)44)36(49)39-23-31(45)52-30;1-9-11-12-13-14-15-16-17-18-29-25(6)36(48)42(8)28(21-23(3)4)33(45)40-30(24(5)10-2)35(47)39-27(22-37)32(44)41-31(26(7)43)34(46)38-19-20-49-29;1-11-20(4)27-32(46)37-23(17-35)29(43)39-28(22(6)41)31(45)36-18-26(42)48-25(14-12-13-15-34(7,8)9)21(5)33(47)40(10)24(16-19(2)3)30(44)38-27/h24-30,32,44H,8-23,38H2,1-7H3,(H,39,49)(H,40,48)(H,41,46)(H,42,47);23-31,43H,9-22,37H2,1-8H3,(H,38,46)(H,39,47)(H,40,45)(H,41,44);19-25,27-28,41H,11-18,35H2,1-10H3,(H,36,45)(H,37,46)(H,38,44)(H,39,43)/t25-,26+,27+,28+,29+,30-,32+;24-,25-,26+,27+,28+,29-,30+,31+;20-,21-,22+,23+,24+,25-,27+,28+/m111/s1. The summed E-state index contributed by atoms with van der Waals surface area (Å²) in [5, 5.41) is 62.0. The van der Waals surface area contributed by atoms with Gasteiger partial charge >= 0.3 is 11.9 Å². The minimum absolute atomic E-state index is 0.00126. The van der Waals surface area contributed by atoms with Gasteiger partial charge in [0, 0.05) is 61.0 Å². The lowest BCUT2D eigenvalue weighted by molar-refractivity contribution is -0.158. The van der Waals surface area contributed by atoms with E-state index in [9.17, 15) is 96.8 Å². The number of esters is 2. The number of hydrogen-bond acceptors (Lipinski definition) is 27. The topological polar surface area (TPSA) is 620 Å². The van der Waals surface area contributed by atoms with E-state index in [1.807, 2.05) is 62.3 Å². The van der Waals surface area contributed by atoms with Gasteiger partial charge < -0.3 is 130 Å². The van der Waals surface area contributed by atoms with E-state index in [0.717, 1.165) is 57.8 Å². The number of amides is 15. The number of aliphatic hydroxyl groups excluding tert-OH is 3. The number of methoxy groups -OCH3 is 1. The second kappa shape index (κ2) is 73.8. The Kier molecular flexibility index (Phi) is 68.2. The van der Waals surface area contributed by atoms with Crippen LogP contribution in [0.4, 0.5) is 0 Å². The molecule has 0 aromatic heterocycles. The quantitative estimate of drug-likeness (QED) is 0.0281. The fourth-order valence-corrected chi connectivity index (χ4v) is 17.8. The van der Waals surface area contributed by atoms with Crippen molar-refractivity contribution >= 4 is 101 Å². The number of likely N-dealkylation sites (N-methyl/N-ethyl adjacent to an activating group) is 3. The van der Waals surface area contributed by atoms with Gasteiger partial charge in [-0.25, -0.2) is 0 Å². The van der Waals surface area contributed by atoms with Gasteiger partial charge in [0.1, 0.15) is 97.8 Å². The summed E-state index contributed by atoms with van der Waals surface area (Å²) in [4.78, 5) is 234. The first-order valence-electron chi connectivity index (χ1n) is 55.1. The molecule has 0 radical (unpaired) electrons. The molecule has 3 rings (SSSR count). The summed E-state index contributed by atoms with van der Waals surface area (Å²) < 4.78 is 23.0. The van der Waals surface area contributed by atoms with Crippen LogP contribution in [-0.4, -0.2) is 320 Å². The van der Waals surface area contributed by atoms with Crippen molar-refractivity contribution in [1.82, 2.24) is 78.5 Å². The van der Waals surface area contributed by atoms with Gasteiger partial charge in [-0.15, -0.1) is 0 Å². The summed E-state index contributed by atoms with van der Waals surface area (Å²) in [5.41, 5.74) is 17.6. The molecule has 21 N–H and O–H groups in total. The van der Waals surface area contributed by atoms with Gasteiger partial charge in [-0.3, -0.25) is 81.5 Å². The van der Waals surface area contributed by atoms with Crippen LogP contribution in [0.3, 0.4) is 0 Å². The van der Waals surface area contributed by atoms with Gasteiger partial charge in [0.2, 0.25) is 88.6 Å². The molecular formula is C107H198N18O24. The van der Waals surface area contributed by atoms with E-state index in [1.165, 1.54) is 101 Å². The van der Waals surface area contributed by atoms with Crippen LogP contribution >= 0.6 is 0 Å². The van der Waals surface area contributed by atoms with Gasteiger partial charge in [0.15, 0.2) is 0 Å². The van der Waals surface area contributed by atoms with Crippen molar-refractivity contribution in [2.24, 2.45) is 70.0 Å². The average molecular weight is 2120 g/mol. The predicted molar refractivity (Wildman–Crippen MR) is 571 cm³/mol. The predicted octanol–water partition coefficient (Wildman–Crippen LogP) is 5.04. The van der Waals surface area contributed by atoms with Crippen molar-refractivity contribution in [2.45, 2.75) is 447 Å². The van der Waals surface area contributed by atoms with E-state index >= 15 is 0 Å². The van der Waals surface area contributed by atoms with Crippen LogP contribution in [0.1, 0.15) is 338 Å². The minimum Gasteiger partial charge on any atom is -0.460 e. The number of ether oxygens (including phenoxy) is 4. The Morgan fingerprint density at radius 2 is 0.631 bits per heavy atom. The third-order valence-electron chi connectivity index (χ3n) is 27.8. The molecule has 0 spiro atoms. The summed E-state index contributed by atoms with van der Waals surface area (Å²) in [7, 11) is 6.23. The zero-order valence-electron chi connectivity index (χ0n) is 94.9. The summed E-state index contributed by atoms with van der Waals surface area (Å²) >= 11 is 0. The molecule has 149 heavy (non-hydrogen) atoms. The Labute approximate surface area is 888 Å². The number of nitrogens with zero attached hydrogens (tertiary/aromatic N) is 3. The number of nitrogens with one attached hydrogen (secondary N) is 12. The van der Waals surface area contributed by atoms with Crippen LogP contribution in [0.25, 0.3) is 0 Å². The van der Waals surface area contributed by atoms with Gasteiger partial charge in [-0.05, 0) is 133 Å². The van der Waals surface area contributed by atoms with Crippen molar-refractivity contribution in [3.8, 4) is 0 Å². The molecule has 3 aliphatic rings. The Bertz CT molecular complexity index is 4040. The normalized spacial score (nSPS) is 26.5. The number of carbonyl (C=O) groups excluding carboxylic acids is 17. The van der Waals surface area contributed by atoms with Crippen LogP contribution in [-0.2, 0) is 100 Å². The van der Waals surface area contributed by atoms with Gasteiger partial charge in [-0.2, -0.15) is 0 Å². The van der Waals surface area contributed by atoms with Crippen molar-refractivity contribution in [1.29, 1.82) is 0 Å². The SMILES string of the molecule is CCCCCCCCCC[C@H]1OC(=O)CNC(=O)[C@H]([C@H](C)O)NC(=O)[C@H](CN)NC(=O)[C@H](CCCCOC)NC(=O)[C@H](CC(C)C)N(C)C(=O)[C@@H]1C.CCCCCCCCCC[C@H]1OCCNC(=O)[C@H]([C@H](C)O)NC(=O)[C@H](CN)NC(=O)[C@H]([C@H](C)CC)NC(=O)[C@H](CC(C)C)N(C)C(=O)[C@@H]1C.CC[C@@H](C)[C@@H]1NC(=O)[C@H](CC(C)C)N(C)C(=O)[C@H](C)[C@@H](CCCCC(C)(C)C)OC(=O)CNC(=O)[C@H]([C@H](C)O)NC(=O)[C@H](CN)NC1=O. The molecular weight excluding hydrogens is 1920 g/mol. The molecule has 3 fully saturated rings. The molecule has 0 saturated carbocycles. The Morgan fingerprint density at radius 1 is 0.349 bits per heavy atom. The minimum atomic E-state index is -1.49. The second-order valence-electron chi connectivity index (χ2n) is 43.5. The lowest BCUT2D eigenvalue weighted by Gasteiger charge is -2.34. The maximum absolute atomic E-state index is 14.1. The maximum atomic E-state index is 14.1. The number of cyclic esters (lactones) is 2. The molecule has 0 bridgehead atoms. The van der Waals surface area contributed by atoms with Gasteiger partial charge in [0.25, 0.3) is 0 Å². The van der Waals surface area contributed by atoms with E-state index < -0.39 is 235 Å². The average Bonchev–Trinajstić information content (AvgIpc) is 1.76. The Morgan fingerprint density at radius 3 is 0.946 bits per heavy atom. The molecule has 860 valence electrons. The van der Waals surface area contributed by atoms with E-state index in [-0.39, 0.29) is 80.1 Å². The zero-order chi connectivity index (χ0) is 113. The van der Waals surface area contributed by atoms with E-state index in [1.54, 1.807) is 41.9 Å². The molecule has 0 aliphatic carbocycles. The first-order chi connectivity index (χ1) is 70.1. The molecule has 0 aromatic rings. The highest BCUT2D eigenvalue weighted by Crippen LogP contribution is 2.30. The van der Waals surface area contributed by atoms with Crippen LogP contribution in [0.5, 0.6) is 0 Å². The number of carbonyl (C=O) groups is 17. The Balaban J connectivity index is 0.00000112. The van der Waals surface area contributed by atoms with Gasteiger partial charge in [0.05, 0.1) is 48.8 Å². The van der Waals surface area contributed by atoms with Crippen LogP contribution in [0.2, 0.25) is 0 Å². The zero-order valence-corrected chi connectivity index (χ0v) is 94.9. The molecule has 42 heteroatoms. The van der Waals surface area contributed by atoms with Crippen molar-refractivity contribution in [3.63, 3.8) is 0 Å². The lowest BCUT2D eigenvalue weighted by atomic mass is 9.88. The second-order valence-corrected chi connectivity index (χ2v) is 43.5. The molecule has 0 aromatic carbocycles. The first-order valence-corrected chi connectivity index (χ1v) is 55.1. The van der Waals surface area contributed by atoms with Crippen molar-refractivity contribution < 1.29 is 116 Å². The molecule has 15 amide bonds. The number of aliphatic hydroxyl groups is 3. The highest BCUT2D eigenvalue weighted by molar-refractivity contribution is 6.00. The van der Waals surface area contributed by atoms with Crippen molar-refractivity contribution in [3.05, 3.63) is 0 Å². The van der Waals surface area contributed by atoms with E-state index in [2.05, 4.69) is 98.4 Å². The van der Waals surface area contributed by atoms with Crippen LogP contribution in [0, 0.1) is 52.8 Å². The first kappa shape index (κ1) is 138. The number of rotatable bonds is 43. The molecule has 42 nitrogen and oxygen atoms in total. The number of nitrogens with two attached hydrogens (primary N) is 3. The maximum Gasteiger partial charge on any atom is 0.325 e. The van der Waals surface area contributed by atoms with Crippen LogP contribution in [0.15, 0.2) is 0 Å². The molecule has 3 heterocycles. The van der Waals surface area contributed by atoms with E-state index in [4.69, 9.17) is 36.1 Å². The fraction of sp³-hybridized carbons (Fsp3) is 0.841. The highest BCUT2D eigenvalue weighted by Gasteiger charge is 2.44. The van der Waals surface area contributed by atoms with E-state index in [0.29, 0.717) is 83.7 Å². The summed E-state index contributed by atoms with van der Waals surface area (Å²) in [6, 6.07) is -14.1. The lowest BCUT2D eigenvalue weighted by Crippen LogP contribution is -2.62. The number of unbranched alkanes of at least 4 members (excludes halogenated alkanes) is 16. The molecule has 3 aliphatic heterocycles. The van der Waals surface area contributed by atoms with Crippen LogP contribution < -0.4 is 81.0 Å². The summed E-state index contributed by atoms with van der Waals surface area (Å²) in [6.45, 7) is 37.2. The monoisotopic (exact) mass is 2120 g/mol. The third-order valence-corrected chi connectivity index (χ3v) is 27.8. The molecule has 23 atom stereocenters. The highest BCUT2D eigenvalue weighted by atomic mass is 16.6. The molecule has 3 saturated heterocycles. The number of hydrogen-bond donors (Lipinski definition) is 18. The third kappa shape index (κ3) is 51.8.